The molecule has 3 aromatic carbocycles. The Morgan fingerprint density at radius 2 is 1.54 bits per heavy atom. The SMILES string of the molecule is O=C(CC(=O)Nc1ccc(Oc2ccnc3[nH]ccc23)c(F)c1)Nc1cccc(Oc2ccccc2)c1. The molecule has 5 rings (SSSR count). The number of carbonyl (C=O) groups is 2. The average Bonchev–Trinajstić information content (AvgIpc) is 3.36. The van der Waals surface area contributed by atoms with Gasteiger partial charge in [-0.3, -0.25) is 9.59 Å². The molecule has 0 saturated carbocycles. The van der Waals surface area contributed by atoms with Crippen LogP contribution in [0.1, 0.15) is 6.42 Å². The highest BCUT2D eigenvalue weighted by molar-refractivity contribution is 6.08. The summed E-state index contributed by atoms with van der Waals surface area (Å²) in [7, 11) is 0. The maximum Gasteiger partial charge on any atom is 0.233 e. The third-order valence-electron chi connectivity index (χ3n) is 5.27. The summed E-state index contributed by atoms with van der Waals surface area (Å²) < 4.78 is 26.1. The number of amides is 2. The van der Waals surface area contributed by atoms with Crippen molar-refractivity contribution in [2.45, 2.75) is 6.42 Å². The quantitative estimate of drug-likeness (QED) is 0.220. The zero-order valence-electron chi connectivity index (χ0n) is 19.4. The Hall–Kier alpha value is -5.18. The minimum absolute atomic E-state index is 0.0120. The molecule has 0 aliphatic heterocycles. The molecular weight excluding hydrogens is 475 g/mol. The van der Waals surface area contributed by atoms with Gasteiger partial charge in [-0.1, -0.05) is 24.3 Å². The number of benzene rings is 3. The second-order valence-corrected chi connectivity index (χ2v) is 8.01. The number of H-pyrrole nitrogens is 1. The summed E-state index contributed by atoms with van der Waals surface area (Å²) in [6.07, 6.45) is 2.81. The Balaban J connectivity index is 1.17. The zero-order chi connectivity index (χ0) is 25.6. The Labute approximate surface area is 211 Å². The van der Waals surface area contributed by atoms with Crippen molar-refractivity contribution in [2.24, 2.45) is 0 Å². The maximum atomic E-state index is 14.7. The number of fused-ring (bicyclic) bond motifs is 1. The zero-order valence-corrected chi connectivity index (χ0v) is 19.4. The van der Waals surface area contributed by atoms with Gasteiger partial charge in [-0.05, 0) is 48.5 Å². The number of pyridine rings is 1. The molecule has 37 heavy (non-hydrogen) atoms. The van der Waals surface area contributed by atoms with E-state index in [1.54, 1.807) is 48.8 Å². The number of aromatic amines is 1. The van der Waals surface area contributed by atoms with Gasteiger partial charge in [-0.25, -0.2) is 9.37 Å². The van der Waals surface area contributed by atoms with E-state index in [4.69, 9.17) is 9.47 Å². The molecule has 0 atom stereocenters. The van der Waals surface area contributed by atoms with E-state index in [-0.39, 0.29) is 11.4 Å². The number of carbonyl (C=O) groups excluding carboxylic acids is 2. The van der Waals surface area contributed by atoms with Crippen molar-refractivity contribution in [1.29, 1.82) is 0 Å². The van der Waals surface area contributed by atoms with Crippen LogP contribution in [0.3, 0.4) is 0 Å². The second-order valence-electron chi connectivity index (χ2n) is 8.01. The summed E-state index contributed by atoms with van der Waals surface area (Å²) in [4.78, 5) is 31.9. The lowest BCUT2D eigenvalue weighted by atomic mass is 10.2. The lowest BCUT2D eigenvalue weighted by molar-refractivity contribution is -0.123. The third kappa shape index (κ3) is 5.91. The fourth-order valence-electron chi connectivity index (χ4n) is 3.62. The first-order chi connectivity index (χ1) is 18.0. The minimum Gasteiger partial charge on any atom is -0.457 e. The number of hydrogen-bond acceptors (Lipinski definition) is 5. The van der Waals surface area contributed by atoms with Crippen molar-refractivity contribution < 1.29 is 23.5 Å². The summed E-state index contributed by atoms with van der Waals surface area (Å²) in [5, 5.41) is 5.90. The highest BCUT2D eigenvalue weighted by Crippen LogP contribution is 2.31. The number of ether oxygens (including phenoxy) is 2. The van der Waals surface area contributed by atoms with Crippen LogP contribution >= 0.6 is 0 Å². The van der Waals surface area contributed by atoms with Gasteiger partial charge >= 0.3 is 0 Å². The first-order valence-electron chi connectivity index (χ1n) is 11.4. The number of nitrogens with zero attached hydrogens (tertiary/aromatic N) is 1. The molecule has 0 aliphatic rings. The molecular formula is C28H21FN4O4. The van der Waals surface area contributed by atoms with Gasteiger partial charge < -0.3 is 25.1 Å². The molecule has 2 heterocycles. The highest BCUT2D eigenvalue weighted by atomic mass is 19.1. The number of rotatable bonds is 8. The predicted octanol–water partition coefficient (Wildman–Crippen LogP) is 6.25. The van der Waals surface area contributed by atoms with Crippen molar-refractivity contribution in [2.75, 3.05) is 10.6 Å². The number of halogens is 1. The molecule has 0 bridgehead atoms. The van der Waals surface area contributed by atoms with Crippen LogP contribution in [-0.2, 0) is 9.59 Å². The summed E-state index contributed by atoms with van der Waals surface area (Å²) in [6, 6.07) is 23.5. The van der Waals surface area contributed by atoms with Crippen molar-refractivity contribution in [3.05, 3.63) is 103 Å². The van der Waals surface area contributed by atoms with Crippen molar-refractivity contribution >= 4 is 34.2 Å². The van der Waals surface area contributed by atoms with E-state index in [1.807, 2.05) is 30.3 Å². The van der Waals surface area contributed by atoms with E-state index in [9.17, 15) is 14.0 Å². The molecule has 5 aromatic rings. The third-order valence-corrected chi connectivity index (χ3v) is 5.27. The van der Waals surface area contributed by atoms with Crippen LogP contribution in [0.25, 0.3) is 11.0 Å². The van der Waals surface area contributed by atoms with Crippen LogP contribution in [-0.4, -0.2) is 21.8 Å². The molecule has 9 heteroatoms. The highest BCUT2D eigenvalue weighted by Gasteiger charge is 2.14. The second kappa shape index (κ2) is 10.6. The molecule has 3 N–H and O–H groups in total. The van der Waals surface area contributed by atoms with Crippen LogP contribution in [0.4, 0.5) is 15.8 Å². The molecule has 184 valence electrons. The van der Waals surface area contributed by atoms with Gasteiger partial charge in [0.15, 0.2) is 11.6 Å². The first kappa shape index (κ1) is 23.6. The van der Waals surface area contributed by atoms with E-state index in [2.05, 4.69) is 20.6 Å². The lowest BCUT2D eigenvalue weighted by Gasteiger charge is -2.11. The summed E-state index contributed by atoms with van der Waals surface area (Å²) in [6.45, 7) is 0. The molecule has 0 saturated heterocycles. The molecule has 0 fully saturated rings. The fourth-order valence-corrected chi connectivity index (χ4v) is 3.62. The molecule has 0 unspecified atom stereocenters. The molecule has 2 amide bonds. The van der Waals surface area contributed by atoms with Crippen LogP contribution in [0.5, 0.6) is 23.0 Å². The summed E-state index contributed by atoms with van der Waals surface area (Å²) >= 11 is 0. The normalized spacial score (nSPS) is 10.6. The van der Waals surface area contributed by atoms with E-state index in [0.29, 0.717) is 34.0 Å². The van der Waals surface area contributed by atoms with Gasteiger partial charge in [0.25, 0.3) is 0 Å². The standard InChI is InChI=1S/C28H21FN4O4/c29-23-16-19(9-10-25(23)37-24-12-14-31-28-22(24)11-13-30-28)33-27(35)17-26(34)32-18-5-4-8-21(15-18)36-20-6-2-1-3-7-20/h1-16H,17H2,(H,30,31)(H,32,34)(H,33,35). The first-order valence-corrected chi connectivity index (χ1v) is 11.4. The van der Waals surface area contributed by atoms with E-state index >= 15 is 0 Å². The van der Waals surface area contributed by atoms with Crippen LogP contribution in [0, 0.1) is 5.82 Å². The number of hydrogen-bond donors (Lipinski definition) is 3. The van der Waals surface area contributed by atoms with Gasteiger partial charge in [-0.15, -0.1) is 0 Å². The summed E-state index contributed by atoms with van der Waals surface area (Å²) in [5.41, 5.74) is 1.30. The number of para-hydroxylation sites is 1. The Bertz CT molecular complexity index is 1570. The van der Waals surface area contributed by atoms with E-state index < -0.39 is 24.1 Å². The monoisotopic (exact) mass is 496 g/mol. The smallest absolute Gasteiger partial charge is 0.233 e. The van der Waals surface area contributed by atoms with Crippen LogP contribution in [0.2, 0.25) is 0 Å². The Morgan fingerprint density at radius 3 is 2.32 bits per heavy atom. The number of nitrogens with one attached hydrogen (secondary N) is 3. The Kier molecular flexibility index (Phi) is 6.76. The molecule has 2 aromatic heterocycles. The number of anilines is 2. The molecule has 0 spiro atoms. The largest absolute Gasteiger partial charge is 0.457 e. The van der Waals surface area contributed by atoms with Gasteiger partial charge in [0.2, 0.25) is 11.8 Å². The Morgan fingerprint density at radius 1 is 0.784 bits per heavy atom. The molecule has 0 radical (unpaired) electrons. The number of aromatic nitrogens is 2. The van der Waals surface area contributed by atoms with Crippen molar-refractivity contribution in [1.82, 2.24) is 9.97 Å². The predicted molar refractivity (Wildman–Crippen MR) is 137 cm³/mol. The maximum absolute atomic E-state index is 14.7. The molecule has 0 aliphatic carbocycles. The van der Waals surface area contributed by atoms with Crippen molar-refractivity contribution in [3.63, 3.8) is 0 Å². The summed E-state index contributed by atoms with van der Waals surface area (Å²) in [5.74, 6) is -0.159. The van der Waals surface area contributed by atoms with Crippen LogP contribution < -0.4 is 20.1 Å². The van der Waals surface area contributed by atoms with E-state index in [1.165, 1.54) is 12.1 Å². The average molecular weight is 496 g/mol. The van der Waals surface area contributed by atoms with Crippen molar-refractivity contribution in [3.8, 4) is 23.0 Å². The van der Waals surface area contributed by atoms with Gasteiger partial charge in [0.1, 0.15) is 29.3 Å². The fraction of sp³-hybridized carbons (Fsp3) is 0.0357. The lowest BCUT2D eigenvalue weighted by Crippen LogP contribution is -2.21. The topological polar surface area (TPSA) is 105 Å². The van der Waals surface area contributed by atoms with Gasteiger partial charge in [0.05, 0.1) is 5.39 Å². The van der Waals surface area contributed by atoms with Crippen LogP contribution in [0.15, 0.2) is 97.3 Å². The minimum atomic E-state index is -0.669. The molecule has 8 nitrogen and oxygen atoms in total. The van der Waals surface area contributed by atoms with E-state index in [0.717, 1.165) is 6.07 Å². The van der Waals surface area contributed by atoms with Gasteiger partial charge in [0, 0.05) is 35.9 Å². The van der Waals surface area contributed by atoms with Gasteiger partial charge in [-0.2, -0.15) is 0 Å².